The molecule has 0 aliphatic carbocycles. The van der Waals surface area contributed by atoms with Crippen LogP contribution in [0.1, 0.15) is 12.5 Å². The van der Waals surface area contributed by atoms with Gasteiger partial charge in [0, 0.05) is 18.9 Å². The molecule has 1 heterocycles. The molecule has 0 fully saturated rings. The molecule has 0 N–H and O–H groups in total. The van der Waals surface area contributed by atoms with Crippen LogP contribution in [0.4, 0.5) is 4.39 Å². The summed E-state index contributed by atoms with van der Waals surface area (Å²) >= 11 is 0. The number of methoxy groups -OCH3 is 1. The summed E-state index contributed by atoms with van der Waals surface area (Å²) in [5, 5.41) is 4.22. The lowest BCUT2D eigenvalue weighted by Crippen LogP contribution is -2.03. The summed E-state index contributed by atoms with van der Waals surface area (Å²) in [6, 6.07) is 5.33. The summed E-state index contributed by atoms with van der Waals surface area (Å²) in [6.45, 7) is 3.26. The molecule has 0 atom stereocenters. The van der Waals surface area contributed by atoms with Gasteiger partial charge in [-0.25, -0.2) is 4.39 Å². The van der Waals surface area contributed by atoms with E-state index in [0.717, 1.165) is 16.7 Å². The van der Waals surface area contributed by atoms with Crippen LogP contribution in [0, 0.1) is 5.82 Å². The van der Waals surface area contributed by atoms with Gasteiger partial charge in [-0.3, -0.25) is 4.68 Å². The van der Waals surface area contributed by atoms with Gasteiger partial charge in [-0.05, 0) is 23.6 Å². The predicted octanol–water partition coefficient (Wildman–Crippen LogP) is 2.90. The average molecular weight is 248 g/mol. The Kier molecular flexibility index (Phi) is 4.10. The lowest BCUT2D eigenvalue weighted by molar-refractivity contribution is 0.183. The Bertz CT molecular complexity index is 522. The number of rotatable bonds is 5. The van der Waals surface area contributed by atoms with Crippen LogP contribution in [0.3, 0.4) is 0 Å². The van der Waals surface area contributed by atoms with Gasteiger partial charge in [0.25, 0.3) is 0 Å². The topological polar surface area (TPSA) is 27.1 Å². The van der Waals surface area contributed by atoms with E-state index < -0.39 is 0 Å². The molecule has 0 saturated heterocycles. The van der Waals surface area contributed by atoms with E-state index in [4.69, 9.17) is 4.74 Å². The largest absolute Gasteiger partial charge is 0.383 e. The maximum Gasteiger partial charge on any atom is 0.127 e. The summed E-state index contributed by atoms with van der Waals surface area (Å²) in [4.78, 5) is 0. The second kappa shape index (κ2) is 5.78. The third-order valence-electron chi connectivity index (χ3n) is 2.93. The minimum atomic E-state index is -0.153. The van der Waals surface area contributed by atoms with E-state index in [2.05, 4.69) is 5.10 Å². The fourth-order valence-corrected chi connectivity index (χ4v) is 1.83. The Labute approximate surface area is 106 Å². The quantitative estimate of drug-likeness (QED) is 0.813. The highest BCUT2D eigenvalue weighted by Gasteiger charge is 2.05. The van der Waals surface area contributed by atoms with E-state index in [0.29, 0.717) is 19.6 Å². The van der Waals surface area contributed by atoms with Crippen molar-refractivity contribution in [1.29, 1.82) is 0 Å². The fraction of sp³-hybridized carbons (Fsp3) is 0.357. The molecule has 4 heteroatoms. The van der Waals surface area contributed by atoms with Crippen LogP contribution >= 0.6 is 0 Å². The number of aryl methyl sites for hydroxylation is 1. The Morgan fingerprint density at radius 2 is 2.17 bits per heavy atom. The molecule has 0 radical (unpaired) electrons. The van der Waals surface area contributed by atoms with Crippen LogP contribution in [0.15, 0.2) is 30.6 Å². The molecule has 0 saturated carbocycles. The zero-order chi connectivity index (χ0) is 13.0. The Balaban J connectivity index is 2.20. The SMILES string of the molecule is CCc1ccc(-c2cnn(CCOC)c2)cc1F. The van der Waals surface area contributed by atoms with Gasteiger partial charge in [0.15, 0.2) is 0 Å². The van der Waals surface area contributed by atoms with Crippen molar-refractivity contribution in [2.75, 3.05) is 13.7 Å². The lowest BCUT2D eigenvalue weighted by atomic mass is 10.1. The predicted molar refractivity (Wildman–Crippen MR) is 68.9 cm³/mol. The number of hydrogen-bond acceptors (Lipinski definition) is 2. The van der Waals surface area contributed by atoms with E-state index in [1.54, 1.807) is 24.1 Å². The molecule has 96 valence electrons. The van der Waals surface area contributed by atoms with Crippen LogP contribution in [-0.2, 0) is 17.7 Å². The maximum atomic E-state index is 13.7. The van der Waals surface area contributed by atoms with Crippen molar-refractivity contribution < 1.29 is 9.13 Å². The molecule has 0 unspecified atom stereocenters. The molecule has 0 bridgehead atoms. The molecule has 1 aromatic heterocycles. The third kappa shape index (κ3) is 2.76. The van der Waals surface area contributed by atoms with Crippen LogP contribution in [0.5, 0.6) is 0 Å². The molecule has 18 heavy (non-hydrogen) atoms. The molecule has 0 aliphatic rings. The first-order valence-electron chi connectivity index (χ1n) is 6.04. The smallest absolute Gasteiger partial charge is 0.127 e. The number of benzene rings is 1. The summed E-state index contributed by atoms with van der Waals surface area (Å²) in [5.74, 6) is -0.153. The monoisotopic (exact) mass is 248 g/mol. The number of aromatic nitrogens is 2. The summed E-state index contributed by atoms with van der Waals surface area (Å²) in [7, 11) is 1.66. The summed E-state index contributed by atoms with van der Waals surface area (Å²) in [5.41, 5.74) is 2.52. The minimum absolute atomic E-state index is 0.153. The highest BCUT2D eigenvalue weighted by Crippen LogP contribution is 2.21. The number of nitrogens with zero attached hydrogens (tertiary/aromatic N) is 2. The number of ether oxygens (including phenoxy) is 1. The van der Waals surface area contributed by atoms with Gasteiger partial charge < -0.3 is 4.74 Å². The summed E-state index contributed by atoms with van der Waals surface area (Å²) < 4.78 is 20.5. The van der Waals surface area contributed by atoms with Crippen LogP contribution in [-0.4, -0.2) is 23.5 Å². The van der Waals surface area contributed by atoms with Crippen molar-refractivity contribution in [3.8, 4) is 11.1 Å². The Morgan fingerprint density at radius 1 is 1.33 bits per heavy atom. The Morgan fingerprint density at radius 3 is 2.83 bits per heavy atom. The summed E-state index contributed by atoms with van der Waals surface area (Å²) in [6.07, 6.45) is 4.36. The lowest BCUT2D eigenvalue weighted by Gasteiger charge is -2.02. The van der Waals surface area contributed by atoms with Crippen LogP contribution in [0.2, 0.25) is 0 Å². The van der Waals surface area contributed by atoms with Gasteiger partial charge in [0.05, 0.1) is 19.3 Å². The van der Waals surface area contributed by atoms with Gasteiger partial charge in [0.1, 0.15) is 5.82 Å². The van der Waals surface area contributed by atoms with Crippen molar-refractivity contribution in [3.05, 3.63) is 42.0 Å². The molecule has 0 amide bonds. The highest BCUT2D eigenvalue weighted by molar-refractivity contribution is 5.62. The van der Waals surface area contributed by atoms with Crippen molar-refractivity contribution >= 4 is 0 Å². The molecule has 3 nitrogen and oxygen atoms in total. The van der Waals surface area contributed by atoms with E-state index in [-0.39, 0.29) is 5.82 Å². The molecule has 2 aromatic rings. The van der Waals surface area contributed by atoms with Crippen molar-refractivity contribution in [2.24, 2.45) is 0 Å². The molecule has 2 rings (SSSR count). The van der Waals surface area contributed by atoms with Gasteiger partial charge in [0.2, 0.25) is 0 Å². The number of halogens is 1. The average Bonchev–Trinajstić information content (AvgIpc) is 2.85. The Hall–Kier alpha value is -1.68. The van der Waals surface area contributed by atoms with E-state index in [1.807, 2.05) is 25.3 Å². The van der Waals surface area contributed by atoms with E-state index in [9.17, 15) is 4.39 Å². The van der Waals surface area contributed by atoms with Gasteiger partial charge in [-0.15, -0.1) is 0 Å². The minimum Gasteiger partial charge on any atom is -0.383 e. The second-order valence-corrected chi connectivity index (χ2v) is 4.14. The van der Waals surface area contributed by atoms with E-state index >= 15 is 0 Å². The van der Waals surface area contributed by atoms with Crippen LogP contribution < -0.4 is 0 Å². The number of hydrogen-bond donors (Lipinski definition) is 0. The maximum absolute atomic E-state index is 13.7. The molecule has 1 aromatic carbocycles. The van der Waals surface area contributed by atoms with Gasteiger partial charge in [-0.1, -0.05) is 19.1 Å². The fourth-order valence-electron chi connectivity index (χ4n) is 1.83. The standard InChI is InChI=1S/C14H17FN2O/c1-3-11-4-5-12(8-14(11)15)13-9-16-17(10-13)6-7-18-2/h4-5,8-10H,3,6-7H2,1-2H3. The first kappa shape index (κ1) is 12.8. The molecular formula is C14H17FN2O. The second-order valence-electron chi connectivity index (χ2n) is 4.14. The molecular weight excluding hydrogens is 231 g/mol. The first-order chi connectivity index (χ1) is 8.74. The first-order valence-corrected chi connectivity index (χ1v) is 6.04. The van der Waals surface area contributed by atoms with Crippen molar-refractivity contribution in [2.45, 2.75) is 19.9 Å². The molecule has 0 aliphatic heterocycles. The highest BCUT2D eigenvalue weighted by atomic mass is 19.1. The normalized spacial score (nSPS) is 10.8. The van der Waals surface area contributed by atoms with E-state index in [1.165, 1.54) is 0 Å². The zero-order valence-electron chi connectivity index (χ0n) is 10.7. The zero-order valence-corrected chi connectivity index (χ0v) is 10.7. The van der Waals surface area contributed by atoms with Gasteiger partial charge >= 0.3 is 0 Å². The van der Waals surface area contributed by atoms with Gasteiger partial charge in [-0.2, -0.15) is 5.10 Å². The van der Waals surface area contributed by atoms with Crippen molar-refractivity contribution in [1.82, 2.24) is 9.78 Å². The third-order valence-corrected chi connectivity index (χ3v) is 2.93. The van der Waals surface area contributed by atoms with Crippen molar-refractivity contribution in [3.63, 3.8) is 0 Å². The van der Waals surface area contributed by atoms with Crippen LogP contribution in [0.25, 0.3) is 11.1 Å². The molecule has 0 spiro atoms.